The first-order chi connectivity index (χ1) is 14.6. The molecule has 6 nitrogen and oxygen atoms in total. The molecule has 0 unspecified atom stereocenters. The molecule has 2 fully saturated rings. The van der Waals surface area contributed by atoms with Crippen LogP contribution in [0, 0.1) is 5.92 Å². The van der Waals surface area contributed by atoms with Crippen molar-refractivity contribution in [1.29, 1.82) is 0 Å². The van der Waals surface area contributed by atoms with E-state index in [0.717, 1.165) is 68.6 Å². The molecule has 2 amide bonds. The van der Waals surface area contributed by atoms with Gasteiger partial charge in [0.1, 0.15) is 11.3 Å². The number of fused-ring (bicyclic) bond motifs is 1. The van der Waals surface area contributed by atoms with Gasteiger partial charge < -0.3 is 14.6 Å². The Balaban J connectivity index is 1.23. The van der Waals surface area contributed by atoms with Crippen LogP contribution in [0.3, 0.4) is 0 Å². The Kier molecular flexibility index (Phi) is 6.72. The van der Waals surface area contributed by atoms with E-state index in [1.807, 2.05) is 37.3 Å². The van der Waals surface area contributed by atoms with E-state index >= 15 is 0 Å². The molecule has 0 spiro atoms. The Morgan fingerprint density at radius 3 is 2.47 bits per heavy atom. The third-order valence-corrected chi connectivity index (χ3v) is 6.47. The van der Waals surface area contributed by atoms with Crippen LogP contribution in [-0.4, -0.2) is 54.3 Å². The quantitative estimate of drug-likeness (QED) is 0.814. The van der Waals surface area contributed by atoms with Crippen molar-refractivity contribution in [2.45, 2.75) is 51.5 Å². The lowest BCUT2D eigenvalue weighted by Crippen LogP contribution is -2.45. The Bertz CT molecular complexity index is 828. The molecule has 30 heavy (non-hydrogen) atoms. The molecule has 1 N–H and O–H groups in total. The predicted molar refractivity (Wildman–Crippen MR) is 117 cm³/mol. The molecule has 2 aliphatic heterocycles. The van der Waals surface area contributed by atoms with Crippen molar-refractivity contribution in [3.05, 3.63) is 36.1 Å². The number of piperidine rings is 1. The van der Waals surface area contributed by atoms with Crippen molar-refractivity contribution in [2.75, 3.05) is 32.7 Å². The van der Waals surface area contributed by atoms with Gasteiger partial charge in [0.2, 0.25) is 11.8 Å². The van der Waals surface area contributed by atoms with Crippen molar-refractivity contribution in [3.63, 3.8) is 0 Å². The summed E-state index contributed by atoms with van der Waals surface area (Å²) in [5.41, 5.74) is 0.838. The summed E-state index contributed by atoms with van der Waals surface area (Å²) in [5.74, 6) is 1.22. The first-order valence-corrected chi connectivity index (χ1v) is 11.4. The number of benzene rings is 1. The number of para-hydroxylation sites is 1. The van der Waals surface area contributed by atoms with Crippen LogP contribution in [0.25, 0.3) is 11.0 Å². The molecule has 3 heterocycles. The summed E-state index contributed by atoms with van der Waals surface area (Å²) < 4.78 is 5.86. The van der Waals surface area contributed by atoms with Gasteiger partial charge in [0, 0.05) is 24.4 Å². The van der Waals surface area contributed by atoms with Gasteiger partial charge in [0.05, 0.1) is 12.6 Å². The zero-order valence-electron chi connectivity index (χ0n) is 17.9. The highest BCUT2D eigenvalue weighted by atomic mass is 16.3. The van der Waals surface area contributed by atoms with Gasteiger partial charge in [-0.3, -0.25) is 14.5 Å². The van der Waals surface area contributed by atoms with Crippen LogP contribution in [-0.2, 0) is 9.59 Å². The number of nitrogens with zero attached hydrogens (tertiary/aromatic N) is 2. The first kappa shape index (κ1) is 20.9. The summed E-state index contributed by atoms with van der Waals surface area (Å²) >= 11 is 0. The van der Waals surface area contributed by atoms with Crippen LogP contribution in [0.15, 0.2) is 34.7 Å². The van der Waals surface area contributed by atoms with Crippen molar-refractivity contribution < 1.29 is 14.0 Å². The van der Waals surface area contributed by atoms with Gasteiger partial charge in [-0.05, 0) is 57.8 Å². The fourth-order valence-corrected chi connectivity index (χ4v) is 4.66. The standard InChI is InChI=1S/C24H33N3O3/c1-18(22-16-20-8-4-5-9-21(20)30-22)25-23(28)17-26-14-10-19(11-15-26)24(29)27-12-6-2-3-7-13-27/h4-5,8-9,16,18-19H,2-3,6-7,10-15,17H2,1H3,(H,25,28)/t18-/m0/s1. The summed E-state index contributed by atoms with van der Waals surface area (Å²) in [5, 5.41) is 4.09. The van der Waals surface area contributed by atoms with Gasteiger partial charge >= 0.3 is 0 Å². The topological polar surface area (TPSA) is 65.8 Å². The molecule has 2 aliphatic rings. The lowest BCUT2D eigenvalue weighted by molar-refractivity contribution is -0.137. The van der Waals surface area contributed by atoms with E-state index in [0.29, 0.717) is 12.5 Å². The largest absolute Gasteiger partial charge is 0.459 e. The van der Waals surface area contributed by atoms with Gasteiger partial charge in [-0.1, -0.05) is 31.0 Å². The van der Waals surface area contributed by atoms with E-state index in [2.05, 4.69) is 15.1 Å². The molecular formula is C24H33N3O3. The number of carbonyl (C=O) groups excluding carboxylic acids is 2. The van der Waals surface area contributed by atoms with E-state index in [9.17, 15) is 9.59 Å². The molecule has 2 aromatic rings. The molecule has 0 saturated carbocycles. The summed E-state index contributed by atoms with van der Waals surface area (Å²) in [4.78, 5) is 29.6. The van der Waals surface area contributed by atoms with Gasteiger partial charge in [-0.25, -0.2) is 0 Å². The highest BCUT2D eigenvalue weighted by molar-refractivity contribution is 5.80. The molecule has 4 rings (SSSR count). The first-order valence-electron chi connectivity index (χ1n) is 11.4. The third-order valence-electron chi connectivity index (χ3n) is 6.47. The maximum absolute atomic E-state index is 12.8. The Morgan fingerprint density at radius 1 is 1.07 bits per heavy atom. The second-order valence-electron chi connectivity index (χ2n) is 8.77. The maximum Gasteiger partial charge on any atom is 0.234 e. The van der Waals surface area contributed by atoms with Crippen molar-refractivity contribution in [3.8, 4) is 0 Å². The average Bonchev–Trinajstić information content (AvgIpc) is 3.00. The average molecular weight is 412 g/mol. The monoisotopic (exact) mass is 411 g/mol. The highest BCUT2D eigenvalue weighted by Crippen LogP contribution is 2.24. The van der Waals surface area contributed by atoms with E-state index in [4.69, 9.17) is 4.42 Å². The number of nitrogens with one attached hydrogen (secondary N) is 1. The SMILES string of the molecule is C[C@H](NC(=O)CN1CCC(C(=O)N2CCCCCC2)CC1)c1cc2ccccc2o1. The minimum atomic E-state index is -0.174. The Hall–Kier alpha value is -2.34. The Morgan fingerprint density at radius 2 is 1.77 bits per heavy atom. The van der Waals surface area contributed by atoms with Gasteiger partial charge in [0.15, 0.2) is 0 Å². The van der Waals surface area contributed by atoms with Crippen molar-refractivity contribution in [1.82, 2.24) is 15.1 Å². The molecule has 0 radical (unpaired) electrons. The number of hydrogen-bond acceptors (Lipinski definition) is 4. The van der Waals surface area contributed by atoms with Crippen LogP contribution in [0.1, 0.15) is 57.3 Å². The Labute approximate surface area is 178 Å². The fourth-order valence-electron chi connectivity index (χ4n) is 4.66. The molecular weight excluding hydrogens is 378 g/mol. The second kappa shape index (κ2) is 9.65. The minimum Gasteiger partial charge on any atom is -0.459 e. The third kappa shape index (κ3) is 5.04. The maximum atomic E-state index is 12.8. The second-order valence-corrected chi connectivity index (χ2v) is 8.77. The van der Waals surface area contributed by atoms with Crippen LogP contribution in [0.4, 0.5) is 0 Å². The van der Waals surface area contributed by atoms with E-state index in [1.54, 1.807) is 0 Å². The molecule has 6 heteroatoms. The van der Waals surface area contributed by atoms with Gasteiger partial charge in [-0.15, -0.1) is 0 Å². The summed E-state index contributed by atoms with van der Waals surface area (Å²) in [7, 11) is 0. The van der Waals surface area contributed by atoms with Gasteiger partial charge in [-0.2, -0.15) is 0 Å². The van der Waals surface area contributed by atoms with Crippen LogP contribution in [0.5, 0.6) is 0 Å². The minimum absolute atomic E-state index is 0.000232. The smallest absolute Gasteiger partial charge is 0.234 e. The van der Waals surface area contributed by atoms with E-state index < -0.39 is 0 Å². The van der Waals surface area contributed by atoms with Crippen LogP contribution >= 0.6 is 0 Å². The summed E-state index contributed by atoms with van der Waals surface area (Å²) in [6, 6.07) is 9.68. The predicted octanol–water partition coefficient (Wildman–Crippen LogP) is 3.72. The summed E-state index contributed by atoms with van der Waals surface area (Å²) in [6.45, 7) is 5.76. The van der Waals surface area contributed by atoms with Crippen LogP contribution in [0.2, 0.25) is 0 Å². The number of amides is 2. The molecule has 162 valence electrons. The molecule has 2 saturated heterocycles. The number of hydrogen-bond donors (Lipinski definition) is 1. The van der Waals surface area contributed by atoms with Gasteiger partial charge in [0.25, 0.3) is 0 Å². The highest BCUT2D eigenvalue weighted by Gasteiger charge is 2.29. The number of furan rings is 1. The number of likely N-dealkylation sites (tertiary alicyclic amines) is 2. The summed E-state index contributed by atoms with van der Waals surface area (Å²) in [6.07, 6.45) is 6.44. The molecule has 0 aliphatic carbocycles. The van der Waals surface area contributed by atoms with Crippen molar-refractivity contribution in [2.24, 2.45) is 5.92 Å². The van der Waals surface area contributed by atoms with Crippen LogP contribution < -0.4 is 5.32 Å². The molecule has 1 atom stereocenters. The van der Waals surface area contributed by atoms with E-state index in [1.165, 1.54) is 12.8 Å². The zero-order valence-corrected chi connectivity index (χ0v) is 17.9. The molecule has 1 aromatic heterocycles. The zero-order chi connectivity index (χ0) is 20.9. The lowest BCUT2D eigenvalue weighted by atomic mass is 9.95. The van der Waals surface area contributed by atoms with Crippen molar-refractivity contribution >= 4 is 22.8 Å². The fraction of sp³-hybridized carbons (Fsp3) is 0.583. The van der Waals surface area contributed by atoms with E-state index in [-0.39, 0.29) is 17.9 Å². The molecule has 1 aromatic carbocycles. The lowest BCUT2D eigenvalue weighted by Gasteiger charge is -2.33. The number of rotatable bonds is 5. The number of carbonyl (C=O) groups is 2. The molecule has 0 bridgehead atoms. The normalized spacial score (nSPS) is 20.1.